The molecule has 0 radical (unpaired) electrons. The first-order valence-corrected chi connectivity index (χ1v) is 5.83. The second kappa shape index (κ2) is 5.60. The molecular formula is C11H11BrF3NO2. The van der Waals surface area contributed by atoms with Crippen molar-refractivity contribution in [2.45, 2.75) is 26.1 Å². The zero-order valence-electron chi connectivity index (χ0n) is 9.64. The van der Waals surface area contributed by atoms with Gasteiger partial charge in [-0.1, -0.05) is 15.9 Å². The summed E-state index contributed by atoms with van der Waals surface area (Å²) in [5.74, 6) is 0. The lowest BCUT2D eigenvalue weighted by Gasteiger charge is -2.12. The SMILES string of the molecule is CC(C)OC(=O)Nc1cc(Br)cc(C(F)(F)F)c1. The Morgan fingerprint density at radius 1 is 1.33 bits per heavy atom. The topological polar surface area (TPSA) is 38.3 Å². The van der Waals surface area contributed by atoms with Crippen LogP contribution in [-0.2, 0) is 10.9 Å². The summed E-state index contributed by atoms with van der Waals surface area (Å²) in [5, 5.41) is 2.24. The van der Waals surface area contributed by atoms with Crippen LogP contribution in [-0.4, -0.2) is 12.2 Å². The highest BCUT2D eigenvalue weighted by Gasteiger charge is 2.31. The van der Waals surface area contributed by atoms with Crippen LogP contribution in [0.3, 0.4) is 0 Å². The number of amides is 1. The van der Waals surface area contributed by atoms with E-state index in [0.717, 1.165) is 12.1 Å². The van der Waals surface area contributed by atoms with Gasteiger partial charge in [-0.15, -0.1) is 0 Å². The van der Waals surface area contributed by atoms with Gasteiger partial charge in [-0.3, -0.25) is 5.32 Å². The molecule has 100 valence electrons. The molecule has 0 aromatic heterocycles. The van der Waals surface area contributed by atoms with Gasteiger partial charge in [0.25, 0.3) is 0 Å². The molecule has 1 N–H and O–H groups in total. The highest BCUT2D eigenvalue weighted by Crippen LogP contribution is 2.33. The molecule has 0 aliphatic rings. The van der Waals surface area contributed by atoms with Crippen LogP contribution < -0.4 is 5.32 Å². The van der Waals surface area contributed by atoms with Crippen LogP contribution >= 0.6 is 15.9 Å². The van der Waals surface area contributed by atoms with E-state index in [1.807, 2.05) is 0 Å². The number of carbonyl (C=O) groups is 1. The maximum Gasteiger partial charge on any atom is 0.416 e. The molecule has 0 atom stereocenters. The second-order valence-corrected chi connectivity index (χ2v) is 4.72. The summed E-state index contributed by atoms with van der Waals surface area (Å²) >= 11 is 2.95. The average molecular weight is 326 g/mol. The van der Waals surface area contributed by atoms with Crippen molar-refractivity contribution < 1.29 is 22.7 Å². The standard InChI is InChI=1S/C11H11BrF3NO2/c1-6(2)18-10(17)16-9-4-7(11(13,14)15)3-8(12)5-9/h3-6H,1-2H3,(H,16,17). The minimum atomic E-state index is -4.47. The normalized spacial score (nSPS) is 11.5. The molecule has 1 amide bonds. The zero-order chi connectivity index (χ0) is 13.9. The first-order chi connectivity index (χ1) is 8.18. The van der Waals surface area contributed by atoms with Crippen LogP contribution in [0, 0.1) is 0 Å². The third kappa shape index (κ3) is 4.56. The molecule has 0 aliphatic carbocycles. The molecule has 1 rings (SSSR count). The molecular weight excluding hydrogens is 315 g/mol. The van der Waals surface area contributed by atoms with Gasteiger partial charge in [-0.25, -0.2) is 4.79 Å². The lowest BCUT2D eigenvalue weighted by Crippen LogP contribution is -2.18. The average Bonchev–Trinajstić information content (AvgIpc) is 2.13. The predicted molar refractivity (Wildman–Crippen MR) is 64.4 cm³/mol. The van der Waals surface area contributed by atoms with Crippen LogP contribution in [0.4, 0.5) is 23.7 Å². The van der Waals surface area contributed by atoms with E-state index in [2.05, 4.69) is 21.2 Å². The lowest BCUT2D eigenvalue weighted by molar-refractivity contribution is -0.137. The number of nitrogens with one attached hydrogen (secondary N) is 1. The van der Waals surface area contributed by atoms with E-state index < -0.39 is 17.8 Å². The Kier molecular flexibility index (Phi) is 4.61. The molecule has 1 aromatic carbocycles. The number of ether oxygens (including phenoxy) is 1. The molecule has 0 saturated heterocycles. The summed E-state index contributed by atoms with van der Waals surface area (Å²) in [6, 6.07) is 3.13. The van der Waals surface area contributed by atoms with Crippen molar-refractivity contribution in [3.8, 4) is 0 Å². The van der Waals surface area contributed by atoms with Crippen molar-refractivity contribution in [1.29, 1.82) is 0 Å². The van der Waals surface area contributed by atoms with Crippen LogP contribution in [0.25, 0.3) is 0 Å². The minimum Gasteiger partial charge on any atom is -0.447 e. The van der Waals surface area contributed by atoms with Crippen LogP contribution in [0.1, 0.15) is 19.4 Å². The van der Waals surface area contributed by atoms with E-state index in [4.69, 9.17) is 4.74 Å². The molecule has 0 saturated carbocycles. The molecule has 1 aromatic rings. The smallest absolute Gasteiger partial charge is 0.416 e. The van der Waals surface area contributed by atoms with Gasteiger partial charge in [0.05, 0.1) is 11.7 Å². The Bertz CT molecular complexity index is 446. The largest absolute Gasteiger partial charge is 0.447 e. The Labute approximate surface area is 110 Å². The highest BCUT2D eigenvalue weighted by molar-refractivity contribution is 9.10. The first-order valence-electron chi connectivity index (χ1n) is 5.04. The first kappa shape index (κ1) is 14.8. The van der Waals surface area contributed by atoms with Crippen molar-refractivity contribution in [1.82, 2.24) is 0 Å². The molecule has 7 heteroatoms. The van der Waals surface area contributed by atoms with Crippen molar-refractivity contribution in [2.75, 3.05) is 5.32 Å². The van der Waals surface area contributed by atoms with E-state index in [9.17, 15) is 18.0 Å². The number of hydrogen-bond acceptors (Lipinski definition) is 2. The third-order valence-electron chi connectivity index (χ3n) is 1.81. The van der Waals surface area contributed by atoms with Gasteiger partial charge < -0.3 is 4.74 Å². The number of carbonyl (C=O) groups excluding carboxylic acids is 1. The van der Waals surface area contributed by atoms with E-state index in [1.165, 1.54) is 6.07 Å². The molecule has 18 heavy (non-hydrogen) atoms. The van der Waals surface area contributed by atoms with Gasteiger partial charge in [-0.2, -0.15) is 13.2 Å². The maximum atomic E-state index is 12.5. The quantitative estimate of drug-likeness (QED) is 0.873. The maximum absolute atomic E-state index is 12.5. The highest BCUT2D eigenvalue weighted by atomic mass is 79.9. The Morgan fingerprint density at radius 3 is 2.44 bits per heavy atom. The van der Waals surface area contributed by atoms with Crippen molar-refractivity contribution in [3.05, 3.63) is 28.2 Å². The van der Waals surface area contributed by atoms with E-state index in [1.54, 1.807) is 13.8 Å². The number of rotatable bonds is 2. The number of anilines is 1. The van der Waals surface area contributed by atoms with E-state index >= 15 is 0 Å². The van der Waals surface area contributed by atoms with E-state index in [0.29, 0.717) is 0 Å². The molecule has 0 aliphatic heterocycles. The fourth-order valence-electron chi connectivity index (χ4n) is 1.19. The van der Waals surface area contributed by atoms with Gasteiger partial charge in [0, 0.05) is 10.2 Å². The van der Waals surface area contributed by atoms with Crippen LogP contribution in [0.15, 0.2) is 22.7 Å². The summed E-state index contributed by atoms with van der Waals surface area (Å²) in [6.45, 7) is 3.28. The molecule has 0 unspecified atom stereocenters. The summed E-state index contributed by atoms with van der Waals surface area (Å²) < 4.78 is 42.6. The van der Waals surface area contributed by atoms with Crippen molar-refractivity contribution in [3.63, 3.8) is 0 Å². The molecule has 0 spiro atoms. The fourth-order valence-corrected chi connectivity index (χ4v) is 1.68. The van der Waals surface area contributed by atoms with Gasteiger partial charge in [0.2, 0.25) is 0 Å². The molecule has 0 heterocycles. The monoisotopic (exact) mass is 325 g/mol. The van der Waals surface area contributed by atoms with E-state index in [-0.39, 0.29) is 16.3 Å². The Balaban J connectivity index is 2.90. The molecule has 3 nitrogen and oxygen atoms in total. The number of benzene rings is 1. The fraction of sp³-hybridized carbons (Fsp3) is 0.364. The van der Waals surface area contributed by atoms with Gasteiger partial charge in [0.15, 0.2) is 0 Å². The van der Waals surface area contributed by atoms with Crippen molar-refractivity contribution in [2.24, 2.45) is 0 Å². The molecule has 0 bridgehead atoms. The minimum absolute atomic E-state index is 0.0161. The summed E-state index contributed by atoms with van der Waals surface area (Å²) in [4.78, 5) is 11.3. The zero-order valence-corrected chi connectivity index (χ0v) is 11.2. The number of alkyl halides is 3. The van der Waals surface area contributed by atoms with Gasteiger partial charge >= 0.3 is 12.3 Å². The summed E-state index contributed by atoms with van der Waals surface area (Å²) in [7, 11) is 0. The molecule has 0 fully saturated rings. The Hall–Kier alpha value is -1.24. The number of halogens is 4. The lowest BCUT2D eigenvalue weighted by atomic mass is 10.2. The summed E-state index contributed by atoms with van der Waals surface area (Å²) in [6.07, 6.45) is -5.61. The number of hydrogen-bond donors (Lipinski definition) is 1. The predicted octanol–water partition coefficient (Wildman–Crippen LogP) is 4.42. The van der Waals surface area contributed by atoms with Crippen LogP contribution in [0.2, 0.25) is 0 Å². The Morgan fingerprint density at radius 2 is 1.94 bits per heavy atom. The van der Waals surface area contributed by atoms with Crippen molar-refractivity contribution >= 4 is 27.7 Å². The summed E-state index contributed by atoms with van der Waals surface area (Å²) in [5.41, 5.74) is -0.834. The van der Waals surface area contributed by atoms with Gasteiger partial charge in [-0.05, 0) is 32.0 Å². The van der Waals surface area contributed by atoms with Crippen LogP contribution in [0.5, 0.6) is 0 Å². The van der Waals surface area contributed by atoms with Gasteiger partial charge in [0.1, 0.15) is 0 Å². The third-order valence-corrected chi connectivity index (χ3v) is 2.27. The second-order valence-electron chi connectivity index (χ2n) is 3.81.